The second-order valence-electron chi connectivity index (χ2n) is 12.4. The molecule has 0 aromatic carbocycles. The standard InChI is InChI=1S/C30H54Si/c1-3-25(2)27-21-19-26(20-22-27)23-24-31(28-13-7-4-8-14-28,29-15-9-5-10-16-29)30-17-11-6-12-18-30/h23-30H,3-22H2,1-2H3. The second kappa shape index (κ2) is 11.9. The van der Waals surface area contributed by atoms with Crippen LogP contribution in [0.2, 0.25) is 16.6 Å². The molecule has 0 aromatic rings. The van der Waals surface area contributed by atoms with Gasteiger partial charge in [-0.1, -0.05) is 128 Å². The summed E-state index contributed by atoms with van der Waals surface area (Å²) in [7, 11) is -1.40. The maximum Gasteiger partial charge on any atom is 0.0866 e. The summed E-state index contributed by atoms with van der Waals surface area (Å²) in [5.41, 5.74) is 6.53. The minimum Gasteiger partial charge on any atom is -0.0971 e. The molecule has 0 aliphatic heterocycles. The van der Waals surface area contributed by atoms with E-state index in [0.29, 0.717) is 0 Å². The maximum absolute atomic E-state index is 3.11. The first-order chi connectivity index (χ1) is 15.2. The van der Waals surface area contributed by atoms with Crippen LogP contribution in [0.3, 0.4) is 0 Å². The number of hydrogen-bond acceptors (Lipinski definition) is 0. The predicted octanol–water partition coefficient (Wildman–Crippen LogP) is 10.4. The van der Waals surface area contributed by atoms with Crippen LogP contribution >= 0.6 is 0 Å². The predicted molar refractivity (Wildman–Crippen MR) is 140 cm³/mol. The molecule has 0 spiro atoms. The van der Waals surface area contributed by atoms with E-state index in [2.05, 4.69) is 25.6 Å². The molecule has 0 radical (unpaired) electrons. The van der Waals surface area contributed by atoms with Crippen LogP contribution in [0.15, 0.2) is 11.8 Å². The summed E-state index contributed by atoms with van der Waals surface area (Å²) in [5.74, 6) is 2.89. The molecular formula is C30H54Si. The van der Waals surface area contributed by atoms with Crippen LogP contribution in [0.25, 0.3) is 0 Å². The molecule has 31 heavy (non-hydrogen) atoms. The Kier molecular flexibility index (Phi) is 9.24. The van der Waals surface area contributed by atoms with E-state index in [1.807, 2.05) is 0 Å². The van der Waals surface area contributed by atoms with Gasteiger partial charge in [0.1, 0.15) is 0 Å². The van der Waals surface area contributed by atoms with Crippen molar-refractivity contribution < 1.29 is 0 Å². The van der Waals surface area contributed by atoms with Gasteiger partial charge in [0.05, 0.1) is 8.07 Å². The largest absolute Gasteiger partial charge is 0.0971 e. The molecule has 4 saturated carbocycles. The van der Waals surface area contributed by atoms with Crippen molar-refractivity contribution >= 4 is 8.07 Å². The zero-order valence-corrected chi connectivity index (χ0v) is 22.3. The third-order valence-electron chi connectivity index (χ3n) is 10.9. The quantitative estimate of drug-likeness (QED) is 0.344. The van der Waals surface area contributed by atoms with E-state index in [0.717, 1.165) is 34.4 Å². The van der Waals surface area contributed by atoms with Gasteiger partial charge in [0.25, 0.3) is 0 Å². The zero-order chi connectivity index (χ0) is 21.5. The van der Waals surface area contributed by atoms with Gasteiger partial charge in [-0.15, -0.1) is 0 Å². The first-order valence-corrected chi connectivity index (χ1v) is 17.2. The molecule has 0 amide bonds. The van der Waals surface area contributed by atoms with Gasteiger partial charge in [-0.3, -0.25) is 0 Å². The molecule has 0 nitrogen and oxygen atoms in total. The highest BCUT2D eigenvalue weighted by Crippen LogP contribution is 2.57. The summed E-state index contributed by atoms with van der Waals surface area (Å²) in [6.07, 6.45) is 33.8. The Morgan fingerprint density at radius 1 is 0.613 bits per heavy atom. The lowest BCUT2D eigenvalue weighted by Crippen LogP contribution is -2.50. The molecule has 4 aliphatic carbocycles. The number of hydrogen-bond donors (Lipinski definition) is 0. The minimum absolute atomic E-state index is 0.919. The highest BCUT2D eigenvalue weighted by molar-refractivity contribution is 6.88. The van der Waals surface area contributed by atoms with Gasteiger partial charge < -0.3 is 0 Å². The van der Waals surface area contributed by atoms with Gasteiger partial charge in [0, 0.05) is 0 Å². The summed E-state index contributed by atoms with van der Waals surface area (Å²) < 4.78 is 0. The minimum atomic E-state index is -1.40. The van der Waals surface area contributed by atoms with E-state index in [4.69, 9.17) is 0 Å². The van der Waals surface area contributed by atoms with Crippen molar-refractivity contribution in [3.63, 3.8) is 0 Å². The fourth-order valence-electron chi connectivity index (χ4n) is 8.76. The molecular weight excluding hydrogens is 388 g/mol. The summed E-state index contributed by atoms with van der Waals surface area (Å²) >= 11 is 0. The Balaban J connectivity index is 1.56. The van der Waals surface area contributed by atoms with Crippen LogP contribution in [0.4, 0.5) is 0 Å². The van der Waals surface area contributed by atoms with E-state index < -0.39 is 8.07 Å². The van der Waals surface area contributed by atoms with Crippen LogP contribution in [-0.2, 0) is 0 Å². The van der Waals surface area contributed by atoms with Gasteiger partial charge in [0.2, 0.25) is 0 Å². The lowest BCUT2D eigenvalue weighted by molar-refractivity contribution is 0.231. The van der Waals surface area contributed by atoms with Crippen molar-refractivity contribution in [1.29, 1.82) is 0 Å². The topological polar surface area (TPSA) is 0 Å². The Hall–Kier alpha value is -0.0431. The molecule has 1 atom stereocenters. The first kappa shape index (κ1) is 24.1. The van der Waals surface area contributed by atoms with Crippen molar-refractivity contribution in [3.8, 4) is 0 Å². The molecule has 1 heteroatoms. The first-order valence-electron chi connectivity index (χ1n) is 14.9. The van der Waals surface area contributed by atoms with Crippen molar-refractivity contribution in [1.82, 2.24) is 0 Å². The Bertz CT molecular complexity index is 479. The molecule has 4 rings (SSSR count). The van der Waals surface area contributed by atoms with Gasteiger partial charge in [-0.2, -0.15) is 0 Å². The molecule has 0 aromatic heterocycles. The highest BCUT2D eigenvalue weighted by atomic mass is 28.3. The normalized spacial score (nSPS) is 31.8. The maximum atomic E-state index is 3.11. The van der Waals surface area contributed by atoms with Crippen LogP contribution in [0.5, 0.6) is 0 Å². The molecule has 4 fully saturated rings. The van der Waals surface area contributed by atoms with Gasteiger partial charge in [-0.25, -0.2) is 0 Å². The molecule has 0 bridgehead atoms. The summed E-state index contributed by atoms with van der Waals surface area (Å²) in [6, 6.07) is 0. The highest BCUT2D eigenvalue weighted by Gasteiger charge is 2.50. The Morgan fingerprint density at radius 2 is 1.03 bits per heavy atom. The molecule has 4 aliphatic rings. The van der Waals surface area contributed by atoms with Gasteiger partial charge in [0.15, 0.2) is 0 Å². The molecule has 0 heterocycles. The molecule has 1 unspecified atom stereocenters. The van der Waals surface area contributed by atoms with Crippen molar-refractivity contribution in [3.05, 3.63) is 11.8 Å². The van der Waals surface area contributed by atoms with E-state index in [1.165, 1.54) is 51.4 Å². The van der Waals surface area contributed by atoms with E-state index in [1.54, 1.807) is 77.0 Å². The van der Waals surface area contributed by atoms with Crippen LogP contribution in [0.1, 0.15) is 142 Å². The van der Waals surface area contributed by atoms with E-state index >= 15 is 0 Å². The smallest absolute Gasteiger partial charge is 0.0866 e. The summed E-state index contributed by atoms with van der Waals surface area (Å²) in [6.45, 7) is 4.91. The summed E-state index contributed by atoms with van der Waals surface area (Å²) in [5, 5.41) is 0. The Labute approximate surface area is 196 Å². The van der Waals surface area contributed by atoms with Gasteiger partial charge >= 0.3 is 0 Å². The zero-order valence-electron chi connectivity index (χ0n) is 21.3. The van der Waals surface area contributed by atoms with Crippen LogP contribution in [-0.4, -0.2) is 8.07 Å². The molecule has 0 N–H and O–H groups in total. The van der Waals surface area contributed by atoms with Crippen molar-refractivity contribution in [2.45, 2.75) is 159 Å². The van der Waals surface area contributed by atoms with Crippen molar-refractivity contribution in [2.75, 3.05) is 0 Å². The third-order valence-corrected chi connectivity index (χ3v) is 17.6. The number of rotatable bonds is 7. The third kappa shape index (κ3) is 5.72. The summed E-state index contributed by atoms with van der Waals surface area (Å²) in [4.78, 5) is 0. The monoisotopic (exact) mass is 442 g/mol. The number of allylic oxidation sites excluding steroid dienone is 1. The molecule has 178 valence electrons. The fraction of sp³-hybridized carbons (Fsp3) is 0.933. The lowest BCUT2D eigenvalue weighted by Gasteiger charge is -2.52. The van der Waals surface area contributed by atoms with Gasteiger partial charge in [-0.05, 0) is 60.1 Å². The van der Waals surface area contributed by atoms with E-state index in [-0.39, 0.29) is 0 Å². The second-order valence-corrected chi connectivity index (χ2v) is 17.2. The van der Waals surface area contributed by atoms with Crippen LogP contribution in [0, 0.1) is 17.8 Å². The Morgan fingerprint density at radius 3 is 1.42 bits per heavy atom. The molecule has 0 saturated heterocycles. The lowest BCUT2D eigenvalue weighted by atomic mass is 9.76. The SMILES string of the molecule is CCC(C)C1CCC(C=C[Si](C2CCCCC2)(C2CCCCC2)C2CCCCC2)CC1. The fourth-order valence-corrected chi connectivity index (χ4v) is 16.4. The average molecular weight is 443 g/mol. The van der Waals surface area contributed by atoms with E-state index in [9.17, 15) is 0 Å². The average Bonchev–Trinajstić information content (AvgIpc) is 2.86. The van der Waals surface area contributed by atoms with Crippen molar-refractivity contribution in [2.24, 2.45) is 17.8 Å². The van der Waals surface area contributed by atoms with Crippen LogP contribution < -0.4 is 0 Å².